The summed E-state index contributed by atoms with van der Waals surface area (Å²) in [7, 11) is -4.00. The Bertz CT molecular complexity index is 1150. The first kappa shape index (κ1) is 21.8. The zero-order valence-electron chi connectivity index (χ0n) is 16.2. The Morgan fingerprint density at radius 1 is 1.23 bits per heavy atom. The third-order valence-corrected chi connectivity index (χ3v) is 7.18. The molecule has 3 aromatic rings. The molecule has 2 aromatic heterocycles. The number of imidazole rings is 1. The summed E-state index contributed by atoms with van der Waals surface area (Å²) in [5.74, 6) is -1.23. The van der Waals surface area contributed by atoms with Gasteiger partial charge < -0.3 is 9.51 Å². The molecule has 7 nitrogen and oxygen atoms in total. The Hall–Kier alpha value is -2.88. The lowest BCUT2D eigenvalue weighted by molar-refractivity contribution is -0.138. The number of aromatic nitrogens is 2. The van der Waals surface area contributed by atoms with Crippen LogP contribution in [0.1, 0.15) is 11.3 Å². The zero-order valence-corrected chi connectivity index (χ0v) is 17.8. The van der Waals surface area contributed by atoms with Gasteiger partial charge in [-0.2, -0.15) is 4.72 Å². The van der Waals surface area contributed by atoms with Crippen molar-refractivity contribution in [1.29, 1.82) is 0 Å². The second kappa shape index (κ2) is 9.75. The molecule has 0 bridgehead atoms. The Labute approximate surface area is 179 Å². The maximum Gasteiger partial charge on any atom is 0.322 e. The molecule has 0 radical (unpaired) electrons. The van der Waals surface area contributed by atoms with Gasteiger partial charge in [0, 0.05) is 12.4 Å². The molecule has 0 spiro atoms. The minimum absolute atomic E-state index is 0.0156. The van der Waals surface area contributed by atoms with Gasteiger partial charge in [0.2, 0.25) is 10.0 Å². The fraction of sp³-hybridized carbons (Fsp3) is 0.143. The van der Waals surface area contributed by atoms with Gasteiger partial charge in [-0.15, -0.1) is 11.8 Å². The summed E-state index contributed by atoms with van der Waals surface area (Å²) < 4.78 is 29.6. The van der Waals surface area contributed by atoms with Crippen LogP contribution >= 0.6 is 11.8 Å². The van der Waals surface area contributed by atoms with Gasteiger partial charge in [-0.1, -0.05) is 42.5 Å². The monoisotopic (exact) mass is 443 g/mol. The highest BCUT2D eigenvalue weighted by molar-refractivity contribution is 8.17. The highest BCUT2D eigenvalue weighted by Crippen LogP contribution is 2.20. The normalized spacial score (nSPS) is 13.7. The predicted octanol–water partition coefficient (Wildman–Crippen LogP) is 3.17. The van der Waals surface area contributed by atoms with E-state index in [1.807, 2.05) is 41.1 Å². The number of thioether (sulfide) groups is 1. The van der Waals surface area contributed by atoms with Crippen LogP contribution in [0.3, 0.4) is 0 Å². The van der Waals surface area contributed by atoms with Crippen molar-refractivity contribution in [2.24, 2.45) is 0 Å². The first-order valence-corrected chi connectivity index (χ1v) is 11.7. The van der Waals surface area contributed by atoms with Crippen molar-refractivity contribution in [2.45, 2.75) is 12.5 Å². The average molecular weight is 444 g/mol. The number of nitrogens with one attached hydrogen (secondary N) is 1. The Kier molecular flexibility index (Phi) is 7.09. The Morgan fingerprint density at radius 3 is 2.63 bits per heavy atom. The van der Waals surface area contributed by atoms with Gasteiger partial charge in [0.05, 0.1) is 5.69 Å². The van der Waals surface area contributed by atoms with Crippen LogP contribution in [0.4, 0.5) is 0 Å². The molecule has 0 fully saturated rings. The molecule has 0 aliphatic rings. The van der Waals surface area contributed by atoms with E-state index in [0.29, 0.717) is 5.69 Å². The minimum Gasteiger partial charge on any atom is -0.480 e. The van der Waals surface area contributed by atoms with E-state index in [4.69, 9.17) is 0 Å². The van der Waals surface area contributed by atoms with Gasteiger partial charge in [-0.05, 0) is 42.5 Å². The molecule has 2 heterocycles. The number of benzene rings is 1. The number of fused-ring (bicyclic) bond motifs is 1. The van der Waals surface area contributed by atoms with Crippen LogP contribution in [-0.2, 0) is 21.2 Å². The number of sulfonamides is 1. The zero-order chi connectivity index (χ0) is 21.6. The predicted molar refractivity (Wildman–Crippen MR) is 119 cm³/mol. The minimum atomic E-state index is -4.00. The summed E-state index contributed by atoms with van der Waals surface area (Å²) in [6, 6.07) is 13.3. The van der Waals surface area contributed by atoms with Gasteiger partial charge in [-0.3, -0.25) is 4.79 Å². The molecular formula is C21H21N3O4S2. The van der Waals surface area contributed by atoms with E-state index in [1.54, 1.807) is 42.7 Å². The van der Waals surface area contributed by atoms with E-state index in [0.717, 1.165) is 23.0 Å². The first-order valence-electron chi connectivity index (χ1n) is 9.04. The van der Waals surface area contributed by atoms with Gasteiger partial charge in [0.25, 0.3) is 0 Å². The molecule has 156 valence electrons. The summed E-state index contributed by atoms with van der Waals surface area (Å²) >= 11 is 1.02. The van der Waals surface area contributed by atoms with Crippen molar-refractivity contribution in [1.82, 2.24) is 14.1 Å². The van der Waals surface area contributed by atoms with E-state index in [9.17, 15) is 18.3 Å². The van der Waals surface area contributed by atoms with Gasteiger partial charge in [0.1, 0.15) is 15.9 Å². The number of allylic oxidation sites excluding steroid dienone is 2. The second-order valence-electron chi connectivity index (χ2n) is 6.38. The molecule has 3 rings (SSSR count). The number of pyridine rings is 1. The topological polar surface area (TPSA) is 101 Å². The highest BCUT2D eigenvalue weighted by atomic mass is 32.3. The van der Waals surface area contributed by atoms with E-state index >= 15 is 0 Å². The average Bonchev–Trinajstić information content (AvgIpc) is 3.14. The molecule has 9 heteroatoms. The van der Waals surface area contributed by atoms with Crippen molar-refractivity contribution in [3.63, 3.8) is 0 Å². The summed E-state index contributed by atoms with van der Waals surface area (Å²) in [5.41, 5.74) is 2.19. The van der Waals surface area contributed by atoms with Crippen molar-refractivity contribution in [2.75, 3.05) is 6.26 Å². The number of nitrogens with zero attached hydrogens (tertiary/aromatic N) is 2. The van der Waals surface area contributed by atoms with Crippen molar-refractivity contribution >= 4 is 39.5 Å². The van der Waals surface area contributed by atoms with Gasteiger partial charge >= 0.3 is 5.97 Å². The Morgan fingerprint density at radius 2 is 1.97 bits per heavy atom. The van der Waals surface area contributed by atoms with Crippen LogP contribution in [-0.4, -0.2) is 41.2 Å². The van der Waals surface area contributed by atoms with E-state index in [1.165, 1.54) is 6.08 Å². The van der Waals surface area contributed by atoms with Crippen molar-refractivity contribution in [3.05, 3.63) is 88.6 Å². The molecule has 1 aromatic carbocycles. The molecular weight excluding hydrogens is 422 g/mol. The number of hydrogen-bond acceptors (Lipinski definition) is 5. The lowest BCUT2D eigenvalue weighted by Crippen LogP contribution is -2.42. The van der Waals surface area contributed by atoms with Crippen LogP contribution in [0.5, 0.6) is 0 Å². The highest BCUT2D eigenvalue weighted by Gasteiger charge is 2.26. The maximum atomic E-state index is 12.7. The molecule has 30 heavy (non-hydrogen) atoms. The lowest BCUT2D eigenvalue weighted by Gasteiger charge is -2.15. The third-order valence-electron chi connectivity index (χ3n) is 4.23. The number of hydrogen-bond donors (Lipinski definition) is 2. The first-order chi connectivity index (χ1) is 14.4. The van der Waals surface area contributed by atoms with E-state index in [-0.39, 0.29) is 10.7 Å². The lowest BCUT2D eigenvalue weighted by atomic mass is 10.1. The number of rotatable bonds is 9. The molecule has 0 amide bonds. The summed E-state index contributed by atoms with van der Waals surface area (Å²) in [4.78, 5) is 16.0. The summed E-state index contributed by atoms with van der Waals surface area (Å²) in [6.07, 6.45) is 10.1. The van der Waals surface area contributed by atoms with Crippen LogP contribution in [0, 0.1) is 0 Å². The van der Waals surface area contributed by atoms with Crippen molar-refractivity contribution < 1.29 is 18.3 Å². The fourth-order valence-corrected chi connectivity index (χ4v) is 4.97. The molecule has 0 aliphatic carbocycles. The molecule has 0 saturated carbocycles. The number of carboxylic acid groups (broad SMARTS) is 1. The third kappa shape index (κ3) is 5.59. The standard InChI is InChI=1S/C21H21N3O4S2/c1-29-20(12-7-10-17-15-24-13-6-5-11-19(24)22-17)30(27,28)23-18(21(25)26)14-16-8-3-2-4-9-16/h2-13,15,18,23H,14H2,1H3,(H,25,26)/b10-7+,20-12+. The quantitative estimate of drug-likeness (QED) is 0.493. The van der Waals surface area contributed by atoms with Crippen LogP contribution in [0.2, 0.25) is 0 Å². The van der Waals surface area contributed by atoms with Gasteiger partial charge in [-0.25, -0.2) is 13.4 Å². The molecule has 1 unspecified atom stereocenters. The molecule has 1 atom stereocenters. The molecule has 0 saturated heterocycles. The summed E-state index contributed by atoms with van der Waals surface area (Å²) in [6.45, 7) is 0. The van der Waals surface area contributed by atoms with Crippen LogP contribution < -0.4 is 4.72 Å². The second-order valence-corrected chi connectivity index (χ2v) is 9.17. The Balaban J connectivity index is 1.76. The fourth-order valence-electron chi connectivity index (χ4n) is 2.80. The number of carboxylic acids is 1. The van der Waals surface area contributed by atoms with Crippen LogP contribution in [0.15, 0.2) is 77.3 Å². The van der Waals surface area contributed by atoms with Gasteiger partial charge in [0.15, 0.2) is 0 Å². The van der Waals surface area contributed by atoms with E-state index < -0.39 is 22.0 Å². The largest absolute Gasteiger partial charge is 0.480 e. The summed E-state index contributed by atoms with van der Waals surface area (Å²) in [5, 5.41) is 9.47. The molecule has 0 aliphatic heterocycles. The maximum absolute atomic E-state index is 12.7. The number of carbonyl (C=O) groups is 1. The molecule has 2 N–H and O–H groups in total. The van der Waals surface area contributed by atoms with Crippen molar-refractivity contribution in [3.8, 4) is 0 Å². The number of aliphatic carboxylic acids is 1. The van der Waals surface area contributed by atoms with E-state index in [2.05, 4.69) is 9.71 Å². The smallest absolute Gasteiger partial charge is 0.322 e. The SMILES string of the molecule is CS/C(=C\C=C\c1cn2ccccc2n1)S(=O)(=O)NC(Cc1ccccc1)C(=O)O. The van der Waals surface area contributed by atoms with Crippen LogP contribution in [0.25, 0.3) is 11.7 Å².